The fourth-order valence-electron chi connectivity index (χ4n) is 2.15. The predicted octanol–water partition coefficient (Wildman–Crippen LogP) is 2.86. The van der Waals surface area contributed by atoms with Crippen LogP contribution in [0.3, 0.4) is 0 Å². The number of H-pyrrole nitrogens is 1. The highest BCUT2D eigenvalue weighted by Gasteiger charge is 2.17. The van der Waals surface area contributed by atoms with Gasteiger partial charge in [0.1, 0.15) is 0 Å². The minimum Gasteiger partial charge on any atom is -0.267 e. The second-order valence-electron chi connectivity index (χ2n) is 4.47. The van der Waals surface area contributed by atoms with E-state index >= 15 is 0 Å². The fraction of sp³-hybridized carbons (Fsp3) is 0.0667. The van der Waals surface area contributed by atoms with Crippen LogP contribution in [0.1, 0.15) is 5.69 Å². The molecule has 0 saturated carbocycles. The van der Waals surface area contributed by atoms with Gasteiger partial charge in [0.25, 0.3) is 5.56 Å². The van der Waals surface area contributed by atoms with Gasteiger partial charge in [0.2, 0.25) is 0 Å². The van der Waals surface area contributed by atoms with Crippen molar-refractivity contribution in [1.29, 1.82) is 0 Å². The zero-order chi connectivity index (χ0) is 14.8. The second-order valence-corrected chi connectivity index (χ2v) is 4.90. The van der Waals surface area contributed by atoms with Crippen molar-refractivity contribution < 1.29 is 0 Å². The summed E-state index contributed by atoms with van der Waals surface area (Å²) >= 11 is 5.92. The number of hydrogen-bond donors (Lipinski definition) is 1. The van der Waals surface area contributed by atoms with Gasteiger partial charge in [-0.25, -0.2) is 15.1 Å². The molecule has 5 nitrogen and oxygen atoms in total. The topological polar surface area (TPSA) is 71.5 Å². The van der Waals surface area contributed by atoms with Crippen LogP contribution in [0.15, 0.2) is 47.5 Å². The Morgan fingerprint density at radius 1 is 1.05 bits per heavy atom. The Balaban J connectivity index is 2.32. The third-order valence-corrected chi connectivity index (χ3v) is 3.34. The van der Waals surface area contributed by atoms with Gasteiger partial charge in [-0.2, -0.15) is 5.10 Å². The van der Waals surface area contributed by atoms with Crippen molar-refractivity contribution >= 4 is 11.6 Å². The summed E-state index contributed by atoms with van der Waals surface area (Å²) in [5.74, 6) is 0.370. The molecular formula is C15H11ClN4O. The summed E-state index contributed by atoms with van der Waals surface area (Å²) in [6.07, 6.45) is 3.20. The summed E-state index contributed by atoms with van der Waals surface area (Å²) in [6, 6.07) is 8.93. The molecule has 21 heavy (non-hydrogen) atoms. The summed E-state index contributed by atoms with van der Waals surface area (Å²) in [5, 5.41) is 7.15. The van der Waals surface area contributed by atoms with Crippen molar-refractivity contribution in [2.45, 2.75) is 6.92 Å². The van der Waals surface area contributed by atoms with Gasteiger partial charge in [-0.1, -0.05) is 23.7 Å². The number of halogens is 1. The first-order chi connectivity index (χ1) is 10.2. The largest absolute Gasteiger partial charge is 0.275 e. The van der Waals surface area contributed by atoms with Crippen LogP contribution in [0.5, 0.6) is 0 Å². The number of aryl methyl sites for hydroxylation is 1. The molecule has 2 heterocycles. The molecule has 0 saturated heterocycles. The van der Waals surface area contributed by atoms with Crippen LogP contribution in [-0.2, 0) is 0 Å². The van der Waals surface area contributed by atoms with Crippen molar-refractivity contribution in [2.75, 3.05) is 0 Å². The van der Waals surface area contributed by atoms with E-state index in [2.05, 4.69) is 20.2 Å². The van der Waals surface area contributed by atoms with Crippen molar-refractivity contribution in [3.63, 3.8) is 0 Å². The van der Waals surface area contributed by atoms with E-state index in [0.717, 1.165) is 5.56 Å². The summed E-state index contributed by atoms with van der Waals surface area (Å²) in [5.41, 5.74) is 2.33. The lowest BCUT2D eigenvalue weighted by atomic mass is 9.99. The molecule has 3 rings (SSSR count). The fourth-order valence-corrected chi connectivity index (χ4v) is 2.28. The van der Waals surface area contributed by atoms with E-state index < -0.39 is 0 Å². The molecule has 0 fully saturated rings. The average molecular weight is 299 g/mol. The molecule has 0 radical (unpaired) electrons. The molecule has 0 unspecified atom stereocenters. The van der Waals surface area contributed by atoms with Crippen LogP contribution in [0.4, 0.5) is 0 Å². The van der Waals surface area contributed by atoms with Gasteiger partial charge in [0, 0.05) is 23.0 Å². The van der Waals surface area contributed by atoms with E-state index in [1.807, 2.05) is 19.1 Å². The van der Waals surface area contributed by atoms with Crippen molar-refractivity contribution in [1.82, 2.24) is 20.2 Å². The van der Waals surface area contributed by atoms with Crippen molar-refractivity contribution in [3.8, 4) is 22.5 Å². The summed E-state index contributed by atoms with van der Waals surface area (Å²) < 4.78 is 0. The van der Waals surface area contributed by atoms with E-state index in [1.165, 1.54) is 0 Å². The Morgan fingerprint density at radius 2 is 1.71 bits per heavy atom. The Morgan fingerprint density at radius 3 is 2.38 bits per heavy atom. The Bertz CT molecular complexity index is 829. The Kier molecular flexibility index (Phi) is 3.50. The Hall–Kier alpha value is -2.53. The highest BCUT2D eigenvalue weighted by atomic mass is 35.5. The monoisotopic (exact) mass is 298 g/mol. The standard InChI is InChI=1S/C15H11ClN4O/c1-9-12(10-3-5-11(16)6-4-10)13(15(21)20-19-9)14-17-7-2-8-18-14/h2-8H,1H3,(H,20,21). The third kappa shape index (κ3) is 2.55. The number of nitrogens with zero attached hydrogens (tertiary/aromatic N) is 3. The minimum atomic E-state index is -0.322. The van der Waals surface area contributed by atoms with Crippen molar-refractivity contribution in [3.05, 3.63) is 63.8 Å². The molecule has 0 aliphatic heterocycles. The molecule has 0 aliphatic carbocycles. The first-order valence-electron chi connectivity index (χ1n) is 6.29. The first kappa shape index (κ1) is 13.5. The number of hydrogen-bond acceptors (Lipinski definition) is 4. The van der Waals surface area contributed by atoms with Crippen LogP contribution in [0, 0.1) is 6.92 Å². The van der Waals surface area contributed by atoms with Gasteiger partial charge >= 0.3 is 0 Å². The molecular weight excluding hydrogens is 288 g/mol. The zero-order valence-electron chi connectivity index (χ0n) is 11.2. The van der Waals surface area contributed by atoms with Crippen molar-refractivity contribution in [2.24, 2.45) is 0 Å². The molecule has 0 spiro atoms. The smallest absolute Gasteiger partial charge is 0.267 e. The average Bonchev–Trinajstić information content (AvgIpc) is 2.51. The minimum absolute atomic E-state index is 0.322. The molecule has 0 amide bonds. The molecule has 0 bridgehead atoms. The van der Waals surface area contributed by atoms with Crippen LogP contribution in [0.2, 0.25) is 5.02 Å². The normalized spacial score (nSPS) is 10.6. The van der Waals surface area contributed by atoms with E-state index in [9.17, 15) is 4.79 Å². The van der Waals surface area contributed by atoms with Crippen LogP contribution >= 0.6 is 11.6 Å². The molecule has 2 aromatic heterocycles. The van der Waals surface area contributed by atoms with Gasteiger partial charge < -0.3 is 0 Å². The number of aromatic nitrogens is 4. The van der Waals surface area contributed by atoms with Gasteiger partial charge in [-0.3, -0.25) is 4.79 Å². The van der Waals surface area contributed by atoms with Crippen LogP contribution in [0.25, 0.3) is 22.5 Å². The number of aromatic amines is 1. The number of benzene rings is 1. The van der Waals surface area contributed by atoms with Gasteiger partial charge in [0.15, 0.2) is 5.82 Å². The lowest BCUT2D eigenvalue weighted by Gasteiger charge is -2.10. The maximum Gasteiger partial charge on any atom is 0.275 e. The molecule has 6 heteroatoms. The highest BCUT2D eigenvalue weighted by molar-refractivity contribution is 6.30. The molecule has 0 atom stereocenters. The maximum absolute atomic E-state index is 12.2. The Labute approximate surface area is 125 Å². The molecule has 3 aromatic rings. The molecule has 1 aromatic carbocycles. The highest BCUT2D eigenvalue weighted by Crippen LogP contribution is 2.29. The lowest BCUT2D eigenvalue weighted by Crippen LogP contribution is -2.15. The summed E-state index contributed by atoms with van der Waals surface area (Å²) in [6.45, 7) is 1.83. The molecule has 0 aliphatic rings. The van der Waals surface area contributed by atoms with Crippen LogP contribution < -0.4 is 5.56 Å². The second kappa shape index (κ2) is 5.46. The third-order valence-electron chi connectivity index (χ3n) is 3.09. The SMILES string of the molecule is Cc1n[nH]c(=O)c(-c2ncccn2)c1-c1ccc(Cl)cc1. The predicted molar refractivity (Wildman–Crippen MR) is 81.1 cm³/mol. The van der Waals surface area contributed by atoms with Gasteiger partial charge in [0.05, 0.1) is 11.3 Å². The lowest BCUT2D eigenvalue weighted by molar-refractivity contribution is 0.946. The zero-order valence-corrected chi connectivity index (χ0v) is 11.9. The number of rotatable bonds is 2. The van der Waals surface area contributed by atoms with E-state index in [-0.39, 0.29) is 5.56 Å². The summed E-state index contributed by atoms with van der Waals surface area (Å²) in [7, 11) is 0. The summed E-state index contributed by atoms with van der Waals surface area (Å²) in [4.78, 5) is 20.5. The number of nitrogens with one attached hydrogen (secondary N) is 1. The van der Waals surface area contributed by atoms with E-state index in [4.69, 9.17) is 11.6 Å². The first-order valence-corrected chi connectivity index (χ1v) is 6.67. The van der Waals surface area contributed by atoms with Gasteiger partial charge in [-0.15, -0.1) is 0 Å². The van der Waals surface area contributed by atoms with Gasteiger partial charge in [-0.05, 0) is 30.7 Å². The quantitative estimate of drug-likeness (QED) is 0.789. The molecule has 1 N–H and O–H groups in total. The van der Waals surface area contributed by atoms with E-state index in [0.29, 0.717) is 27.7 Å². The molecule has 104 valence electrons. The van der Waals surface area contributed by atoms with Crippen LogP contribution in [-0.4, -0.2) is 20.2 Å². The van der Waals surface area contributed by atoms with E-state index in [1.54, 1.807) is 30.6 Å². The maximum atomic E-state index is 12.2.